The van der Waals surface area contributed by atoms with E-state index in [9.17, 15) is 9.18 Å². The van der Waals surface area contributed by atoms with Crippen LogP contribution in [0, 0.1) is 11.2 Å². The van der Waals surface area contributed by atoms with E-state index < -0.39 is 17.8 Å². The van der Waals surface area contributed by atoms with Crippen LogP contribution in [0.15, 0.2) is 42.5 Å². The third-order valence-electron chi connectivity index (χ3n) is 3.79. The summed E-state index contributed by atoms with van der Waals surface area (Å²) < 4.78 is 24.7. The molecule has 0 aliphatic heterocycles. The standard InChI is InChI=1S/C19H22FN3O3/c1-3-26-17(15-9-8-14(25-2)10-16(15)20)19(24)23-11-12-4-6-13(7-5-12)18(21)22/h4-10,17H,3,11H2,1-2H3,(H3,21,22)(H,23,24). The number of methoxy groups -OCH3 is 1. The molecule has 26 heavy (non-hydrogen) atoms. The molecule has 0 saturated carbocycles. The van der Waals surface area contributed by atoms with Crippen molar-refractivity contribution in [3.8, 4) is 5.75 Å². The maximum absolute atomic E-state index is 14.3. The third kappa shape index (κ3) is 4.80. The molecule has 0 aliphatic rings. The fourth-order valence-corrected chi connectivity index (χ4v) is 2.40. The molecule has 0 spiro atoms. The van der Waals surface area contributed by atoms with E-state index in [1.807, 2.05) is 0 Å². The molecule has 0 saturated heterocycles. The number of carbonyl (C=O) groups is 1. The van der Waals surface area contributed by atoms with Gasteiger partial charge in [-0.1, -0.05) is 24.3 Å². The molecule has 2 aromatic rings. The first kappa shape index (κ1) is 19.4. The van der Waals surface area contributed by atoms with Gasteiger partial charge in [-0.3, -0.25) is 10.2 Å². The van der Waals surface area contributed by atoms with Crippen molar-refractivity contribution in [1.29, 1.82) is 5.41 Å². The van der Waals surface area contributed by atoms with Crippen LogP contribution in [0.3, 0.4) is 0 Å². The lowest BCUT2D eigenvalue weighted by Gasteiger charge is -2.18. The van der Waals surface area contributed by atoms with Crippen LogP contribution >= 0.6 is 0 Å². The molecule has 1 unspecified atom stereocenters. The van der Waals surface area contributed by atoms with Crippen LogP contribution in [0.1, 0.15) is 29.7 Å². The van der Waals surface area contributed by atoms with Crippen LogP contribution < -0.4 is 15.8 Å². The van der Waals surface area contributed by atoms with Crippen molar-refractivity contribution in [3.05, 3.63) is 65.0 Å². The van der Waals surface area contributed by atoms with E-state index in [0.29, 0.717) is 11.3 Å². The lowest BCUT2D eigenvalue weighted by Crippen LogP contribution is -2.31. The SMILES string of the molecule is CCOC(C(=O)NCc1ccc(C(=N)N)cc1)c1ccc(OC)cc1F. The topological polar surface area (TPSA) is 97.4 Å². The molecule has 0 radical (unpaired) electrons. The number of hydrogen-bond acceptors (Lipinski definition) is 4. The monoisotopic (exact) mass is 359 g/mol. The van der Waals surface area contributed by atoms with Gasteiger partial charge in [-0.25, -0.2) is 4.39 Å². The van der Waals surface area contributed by atoms with Crippen molar-refractivity contribution in [2.45, 2.75) is 19.6 Å². The van der Waals surface area contributed by atoms with Crippen molar-refractivity contribution < 1.29 is 18.7 Å². The van der Waals surface area contributed by atoms with Gasteiger partial charge in [-0.05, 0) is 24.6 Å². The molecule has 4 N–H and O–H groups in total. The van der Waals surface area contributed by atoms with E-state index in [1.165, 1.54) is 19.2 Å². The van der Waals surface area contributed by atoms with Crippen LogP contribution in [0.2, 0.25) is 0 Å². The highest BCUT2D eigenvalue weighted by molar-refractivity contribution is 5.94. The molecule has 138 valence electrons. The van der Waals surface area contributed by atoms with E-state index >= 15 is 0 Å². The van der Waals surface area contributed by atoms with E-state index in [1.54, 1.807) is 37.3 Å². The number of nitrogens with one attached hydrogen (secondary N) is 2. The Kier molecular flexibility index (Phi) is 6.68. The summed E-state index contributed by atoms with van der Waals surface area (Å²) in [6.07, 6.45) is -1.05. The van der Waals surface area contributed by atoms with Gasteiger partial charge in [-0.2, -0.15) is 0 Å². The Morgan fingerprint density at radius 3 is 2.50 bits per heavy atom. The molecule has 0 aromatic heterocycles. The van der Waals surface area contributed by atoms with Crippen LogP contribution in [-0.2, 0) is 16.1 Å². The van der Waals surface area contributed by atoms with Crippen LogP contribution in [-0.4, -0.2) is 25.5 Å². The van der Waals surface area contributed by atoms with E-state index in [4.69, 9.17) is 20.6 Å². The van der Waals surface area contributed by atoms with Gasteiger partial charge in [0.25, 0.3) is 5.91 Å². The molecule has 0 bridgehead atoms. The highest BCUT2D eigenvalue weighted by Gasteiger charge is 2.24. The highest BCUT2D eigenvalue weighted by Crippen LogP contribution is 2.25. The average molecular weight is 359 g/mol. The van der Waals surface area contributed by atoms with Crippen molar-refractivity contribution in [2.24, 2.45) is 5.73 Å². The van der Waals surface area contributed by atoms with Gasteiger partial charge in [0, 0.05) is 30.3 Å². The largest absolute Gasteiger partial charge is 0.497 e. The maximum Gasteiger partial charge on any atom is 0.254 e. The zero-order valence-electron chi connectivity index (χ0n) is 14.7. The second-order valence-corrected chi connectivity index (χ2v) is 5.55. The third-order valence-corrected chi connectivity index (χ3v) is 3.79. The smallest absolute Gasteiger partial charge is 0.254 e. The van der Waals surface area contributed by atoms with Gasteiger partial charge >= 0.3 is 0 Å². The first-order valence-electron chi connectivity index (χ1n) is 8.12. The minimum Gasteiger partial charge on any atom is -0.497 e. The zero-order valence-corrected chi connectivity index (χ0v) is 14.7. The summed E-state index contributed by atoms with van der Waals surface area (Å²) in [5.74, 6) is -0.658. The van der Waals surface area contributed by atoms with Crippen LogP contribution in [0.25, 0.3) is 0 Å². The van der Waals surface area contributed by atoms with Crippen molar-refractivity contribution in [3.63, 3.8) is 0 Å². The van der Waals surface area contributed by atoms with Crippen molar-refractivity contribution in [1.82, 2.24) is 5.32 Å². The van der Waals surface area contributed by atoms with Gasteiger partial charge in [0.05, 0.1) is 7.11 Å². The van der Waals surface area contributed by atoms with Crippen molar-refractivity contribution >= 4 is 11.7 Å². The number of carbonyl (C=O) groups excluding carboxylic acids is 1. The molecule has 0 aliphatic carbocycles. The molecule has 0 fully saturated rings. The van der Waals surface area contributed by atoms with Gasteiger partial charge in [0.2, 0.25) is 0 Å². The molecule has 7 heteroatoms. The van der Waals surface area contributed by atoms with Gasteiger partial charge < -0.3 is 20.5 Å². The summed E-state index contributed by atoms with van der Waals surface area (Å²) in [7, 11) is 1.44. The summed E-state index contributed by atoms with van der Waals surface area (Å²) in [6, 6.07) is 11.2. The Morgan fingerprint density at radius 1 is 1.27 bits per heavy atom. The Hall–Kier alpha value is -2.93. The minimum absolute atomic E-state index is 0.0213. The summed E-state index contributed by atoms with van der Waals surface area (Å²) in [6.45, 7) is 2.25. The number of nitrogens with two attached hydrogens (primary N) is 1. The Morgan fingerprint density at radius 2 is 1.96 bits per heavy atom. The van der Waals surface area contributed by atoms with Gasteiger partial charge in [0.15, 0.2) is 6.10 Å². The normalized spacial score (nSPS) is 11.7. The predicted molar refractivity (Wildman–Crippen MR) is 96.6 cm³/mol. The lowest BCUT2D eigenvalue weighted by atomic mass is 10.1. The van der Waals surface area contributed by atoms with Crippen LogP contribution in [0.4, 0.5) is 4.39 Å². The summed E-state index contributed by atoms with van der Waals surface area (Å²) in [4.78, 5) is 12.5. The number of halogens is 1. The number of rotatable bonds is 8. The zero-order chi connectivity index (χ0) is 19.1. The average Bonchev–Trinajstić information content (AvgIpc) is 2.64. The van der Waals surface area contributed by atoms with Crippen LogP contribution in [0.5, 0.6) is 5.75 Å². The second kappa shape index (κ2) is 8.96. The first-order chi connectivity index (χ1) is 12.5. The molecular weight excluding hydrogens is 337 g/mol. The molecule has 2 rings (SSSR count). The Bertz CT molecular complexity index is 778. The first-order valence-corrected chi connectivity index (χ1v) is 8.12. The van der Waals surface area contributed by atoms with Gasteiger partial charge in [0.1, 0.15) is 17.4 Å². The van der Waals surface area contributed by atoms with Gasteiger partial charge in [-0.15, -0.1) is 0 Å². The van der Waals surface area contributed by atoms with E-state index in [0.717, 1.165) is 5.56 Å². The molecule has 6 nitrogen and oxygen atoms in total. The number of amidine groups is 1. The van der Waals surface area contributed by atoms with E-state index in [-0.39, 0.29) is 24.6 Å². The molecule has 0 heterocycles. The lowest BCUT2D eigenvalue weighted by molar-refractivity contribution is -0.133. The molecule has 1 amide bonds. The summed E-state index contributed by atoms with van der Waals surface area (Å²) in [5.41, 5.74) is 6.99. The highest BCUT2D eigenvalue weighted by atomic mass is 19.1. The van der Waals surface area contributed by atoms with Crippen molar-refractivity contribution in [2.75, 3.05) is 13.7 Å². The number of nitrogen functional groups attached to an aromatic ring is 1. The second-order valence-electron chi connectivity index (χ2n) is 5.55. The number of benzene rings is 2. The molecule has 1 atom stereocenters. The molecular formula is C19H22FN3O3. The number of ether oxygens (including phenoxy) is 2. The number of hydrogen-bond donors (Lipinski definition) is 3. The fourth-order valence-electron chi connectivity index (χ4n) is 2.40. The fraction of sp³-hybridized carbons (Fsp3) is 0.263. The molecule has 2 aromatic carbocycles. The number of amides is 1. The Labute approximate surface area is 151 Å². The minimum atomic E-state index is -1.05. The quantitative estimate of drug-likeness (QED) is 0.498. The Balaban J connectivity index is 2.09. The summed E-state index contributed by atoms with van der Waals surface area (Å²) in [5, 5.41) is 10.1. The maximum atomic E-state index is 14.3. The predicted octanol–water partition coefficient (Wildman–Crippen LogP) is 2.51. The summed E-state index contributed by atoms with van der Waals surface area (Å²) >= 11 is 0. The van der Waals surface area contributed by atoms with E-state index in [2.05, 4.69) is 5.32 Å².